The van der Waals surface area contributed by atoms with Gasteiger partial charge in [0.25, 0.3) is 0 Å². The molecule has 1 aromatic rings. The molecule has 0 bridgehead atoms. The molecule has 96 valence electrons. The quantitative estimate of drug-likeness (QED) is 0.723. The third-order valence-corrected chi connectivity index (χ3v) is 13.1. The minimum atomic E-state index is -1.23. The van der Waals surface area contributed by atoms with Gasteiger partial charge in [0.15, 0.2) is 0 Å². The molecule has 0 aliphatic rings. The SMILES string of the molecule is CC[Si](C)(C)c1ccc([Si](C)(C)C(C)C)cc1. The first kappa shape index (κ1) is 14.7. The lowest BCUT2D eigenvalue weighted by atomic mass is 10.4. The van der Waals surface area contributed by atoms with E-state index >= 15 is 0 Å². The summed E-state index contributed by atoms with van der Waals surface area (Å²) in [7, 11) is -2.38. The first-order chi connectivity index (χ1) is 7.71. The fourth-order valence-corrected chi connectivity index (χ4v) is 5.06. The Labute approximate surface area is 109 Å². The second-order valence-corrected chi connectivity index (χ2v) is 16.9. The fraction of sp³-hybridized carbons (Fsp3) is 0.600. The van der Waals surface area contributed by atoms with Gasteiger partial charge >= 0.3 is 0 Å². The largest absolute Gasteiger partial charge is 0.0831 e. The summed E-state index contributed by atoms with van der Waals surface area (Å²) in [4.78, 5) is 0. The molecule has 0 saturated heterocycles. The molecule has 1 rings (SSSR count). The summed E-state index contributed by atoms with van der Waals surface area (Å²) in [5.41, 5.74) is 0.810. The molecule has 17 heavy (non-hydrogen) atoms. The molecule has 0 aliphatic heterocycles. The van der Waals surface area contributed by atoms with E-state index in [4.69, 9.17) is 0 Å². The predicted octanol–water partition coefficient (Wildman–Crippen LogP) is 3.95. The van der Waals surface area contributed by atoms with E-state index in [2.05, 4.69) is 71.2 Å². The van der Waals surface area contributed by atoms with Crippen molar-refractivity contribution in [2.75, 3.05) is 0 Å². The van der Waals surface area contributed by atoms with E-state index in [1.807, 2.05) is 0 Å². The van der Waals surface area contributed by atoms with Crippen molar-refractivity contribution in [2.24, 2.45) is 0 Å². The van der Waals surface area contributed by atoms with Gasteiger partial charge in [-0.05, 0) is 5.54 Å². The van der Waals surface area contributed by atoms with Crippen molar-refractivity contribution in [3.05, 3.63) is 24.3 Å². The van der Waals surface area contributed by atoms with Crippen LogP contribution in [0.2, 0.25) is 37.8 Å². The van der Waals surface area contributed by atoms with Crippen LogP contribution in [0.1, 0.15) is 20.8 Å². The third kappa shape index (κ3) is 3.11. The average Bonchev–Trinajstić information content (AvgIpc) is 2.29. The smallest absolute Gasteiger partial charge is 0.0675 e. The van der Waals surface area contributed by atoms with Gasteiger partial charge in [-0.15, -0.1) is 0 Å². The molecule has 0 radical (unpaired) electrons. The lowest BCUT2D eigenvalue weighted by molar-refractivity contribution is 1.02. The normalized spacial score (nSPS) is 13.2. The number of hydrogen-bond donors (Lipinski definition) is 0. The number of benzene rings is 1. The Morgan fingerprint density at radius 3 is 1.65 bits per heavy atom. The second-order valence-electron chi connectivity index (χ2n) is 6.69. The molecule has 0 aliphatic carbocycles. The molecule has 0 nitrogen and oxygen atoms in total. The Bertz CT molecular complexity index is 361. The molecule has 0 amide bonds. The van der Waals surface area contributed by atoms with Gasteiger partial charge in [-0.25, -0.2) is 0 Å². The first-order valence-corrected chi connectivity index (χ1v) is 13.1. The summed E-state index contributed by atoms with van der Waals surface area (Å²) in [5, 5.41) is 3.22. The molecule has 0 heterocycles. The minimum absolute atomic E-state index is 0.810. The van der Waals surface area contributed by atoms with E-state index in [-0.39, 0.29) is 0 Å². The Morgan fingerprint density at radius 1 is 0.882 bits per heavy atom. The van der Waals surface area contributed by atoms with Crippen LogP contribution < -0.4 is 10.4 Å². The maximum Gasteiger partial charge on any atom is 0.0831 e. The van der Waals surface area contributed by atoms with Crippen LogP contribution in [0.15, 0.2) is 24.3 Å². The zero-order chi connectivity index (χ0) is 13.3. The van der Waals surface area contributed by atoms with Crippen molar-refractivity contribution in [1.82, 2.24) is 0 Å². The van der Waals surface area contributed by atoms with Crippen LogP contribution in [-0.2, 0) is 0 Å². The van der Waals surface area contributed by atoms with Crippen molar-refractivity contribution in [3.8, 4) is 0 Å². The van der Waals surface area contributed by atoms with Gasteiger partial charge in [0.1, 0.15) is 0 Å². The zero-order valence-corrected chi connectivity index (χ0v) is 14.6. The van der Waals surface area contributed by atoms with Crippen LogP contribution in [0.25, 0.3) is 0 Å². The van der Waals surface area contributed by atoms with Gasteiger partial charge in [0.05, 0.1) is 16.1 Å². The molecule has 0 aromatic heterocycles. The van der Waals surface area contributed by atoms with Gasteiger partial charge in [-0.3, -0.25) is 0 Å². The summed E-state index contributed by atoms with van der Waals surface area (Å²) >= 11 is 0. The molecular weight excluding hydrogens is 236 g/mol. The Hall–Kier alpha value is -0.346. The van der Waals surface area contributed by atoms with E-state index in [1.54, 1.807) is 10.4 Å². The molecule has 0 saturated carbocycles. The Balaban J connectivity index is 3.04. The van der Waals surface area contributed by atoms with Gasteiger partial charge in [0.2, 0.25) is 0 Å². The predicted molar refractivity (Wildman–Crippen MR) is 86.3 cm³/mol. The third-order valence-electron chi connectivity index (χ3n) is 4.74. The Morgan fingerprint density at radius 2 is 1.29 bits per heavy atom. The van der Waals surface area contributed by atoms with Gasteiger partial charge in [-0.2, -0.15) is 0 Å². The van der Waals surface area contributed by atoms with Crippen molar-refractivity contribution in [1.29, 1.82) is 0 Å². The topological polar surface area (TPSA) is 0 Å². The van der Waals surface area contributed by atoms with E-state index in [9.17, 15) is 0 Å². The summed E-state index contributed by atoms with van der Waals surface area (Å²) in [6.07, 6.45) is 0. The first-order valence-electron chi connectivity index (χ1n) is 6.83. The van der Waals surface area contributed by atoms with Gasteiger partial charge in [0, 0.05) is 0 Å². The highest BCUT2D eigenvalue weighted by molar-refractivity contribution is 6.91. The van der Waals surface area contributed by atoms with Gasteiger partial charge < -0.3 is 0 Å². The maximum atomic E-state index is 2.48. The number of rotatable bonds is 4. The summed E-state index contributed by atoms with van der Waals surface area (Å²) in [6, 6.07) is 11.0. The van der Waals surface area contributed by atoms with Crippen molar-refractivity contribution >= 4 is 26.5 Å². The highest BCUT2D eigenvalue weighted by atomic mass is 28.3. The monoisotopic (exact) mass is 264 g/mol. The molecule has 0 unspecified atom stereocenters. The lowest BCUT2D eigenvalue weighted by Crippen LogP contribution is -2.46. The van der Waals surface area contributed by atoms with E-state index < -0.39 is 16.1 Å². The van der Waals surface area contributed by atoms with E-state index in [1.165, 1.54) is 6.04 Å². The lowest BCUT2D eigenvalue weighted by Gasteiger charge is -2.29. The van der Waals surface area contributed by atoms with Crippen LogP contribution in [0.5, 0.6) is 0 Å². The molecule has 0 fully saturated rings. The number of hydrogen-bond acceptors (Lipinski definition) is 0. The average molecular weight is 265 g/mol. The van der Waals surface area contributed by atoms with E-state index in [0.717, 1.165) is 5.54 Å². The van der Waals surface area contributed by atoms with E-state index in [0.29, 0.717) is 0 Å². The zero-order valence-electron chi connectivity index (χ0n) is 12.6. The summed E-state index contributed by atoms with van der Waals surface area (Å²) in [6.45, 7) is 17.0. The molecule has 2 heteroatoms. The highest BCUT2D eigenvalue weighted by Gasteiger charge is 2.28. The fourth-order valence-electron chi connectivity index (χ4n) is 1.89. The van der Waals surface area contributed by atoms with Crippen molar-refractivity contribution in [3.63, 3.8) is 0 Å². The standard InChI is InChI=1S/C15H28Si2/c1-8-16(4,5)14-9-11-15(12-10-14)17(6,7)13(2)3/h9-13H,8H2,1-7H3. The molecule has 0 spiro atoms. The Kier molecular flexibility index (Phi) is 4.42. The van der Waals surface area contributed by atoms with Gasteiger partial charge in [-0.1, -0.05) is 87.6 Å². The highest BCUT2D eigenvalue weighted by Crippen LogP contribution is 2.20. The van der Waals surface area contributed by atoms with Crippen LogP contribution in [0.4, 0.5) is 0 Å². The van der Waals surface area contributed by atoms with Crippen LogP contribution in [0.3, 0.4) is 0 Å². The van der Waals surface area contributed by atoms with Crippen molar-refractivity contribution < 1.29 is 0 Å². The second kappa shape index (κ2) is 5.11. The van der Waals surface area contributed by atoms with Crippen LogP contribution in [0, 0.1) is 0 Å². The molecule has 1 aromatic carbocycles. The van der Waals surface area contributed by atoms with Crippen molar-refractivity contribution in [2.45, 2.75) is 58.5 Å². The summed E-state index contributed by atoms with van der Waals surface area (Å²) < 4.78 is 0. The maximum absolute atomic E-state index is 2.48. The summed E-state index contributed by atoms with van der Waals surface area (Å²) in [5.74, 6) is 0. The molecular formula is C15H28Si2. The minimum Gasteiger partial charge on any atom is -0.0675 e. The molecule has 0 atom stereocenters. The van der Waals surface area contributed by atoms with Crippen LogP contribution in [-0.4, -0.2) is 16.1 Å². The molecule has 0 N–H and O–H groups in total. The van der Waals surface area contributed by atoms with Crippen LogP contribution >= 0.6 is 0 Å².